The standard InChI is InChI=1S/C26H29N3O4/c1-3-13-29-22-17-28(14-8-15-32-2)25(30)23(22)24(27-26(29)31)20-11-7-12-21(16-20)33-18-19-9-5-4-6-10-19/h3-7,9-12,16,24H,1,8,13-15,17-18H2,2H3,(H,27,31). The molecule has 0 aromatic heterocycles. The van der Waals surface area contributed by atoms with Gasteiger partial charge in [0.15, 0.2) is 0 Å². The molecule has 0 aliphatic carbocycles. The minimum atomic E-state index is -0.534. The fourth-order valence-electron chi connectivity index (χ4n) is 4.23. The first kappa shape index (κ1) is 22.6. The van der Waals surface area contributed by atoms with E-state index in [1.165, 1.54) is 0 Å². The molecule has 7 nitrogen and oxygen atoms in total. The lowest BCUT2D eigenvalue weighted by Crippen LogP contribution is -2.47. The second-order valence-corrected chi connectivity index (χ2v) is 8.06. The average Bonchev–Trinajstić information content (AvgIpc) is 3.16. The molecule has 33 heavy (non-hydrogen) atoms. The van der Waals surface area contributed by atoms with E-state index in [9.17, 15) is 9.59 Å². The molecule has 0 saturated heterocycles. The van der Waals surface area contributed by atoms with E-state index in [0.29, 0.717) is 44.2 Å². The molecule has 0 radical (unpaired) electrons. The zero-order chi connectivity index (χ0) is 23.2. The Morgan fingerprint density at radius 1 is 1.15 bits per heavy atom. The van der Waals surface area contributed by atoms with Gasteiger partial charge >= 0.3 is 6.03 Å². The fourth-order valence-corrected chi connectivity index (χ4v) is 4.23. The van der Waals surface area contributed by atoms with Gasteiger partial charge in [0.2, 0.25) is 0 Å². The van der Waals surface area contributed by atoms with Gasteiger partial charge in [-0.05, 0) is 29.7 Å². The lowest BCUT2D eigenvalue weighted by molar-refractivity contribution is -0.125. The van der Waals surface area contributed by atoms with Gasteiger partial charge in [0, 0.05) is 26.8 Å². The van der Waals surface area contributed by atoms with Crippen molar-refractivity contribution in [1.82, 2.24) is 15.1 Å². The summed E-state index contributed by atoms with van der Waals surface area (Å²) in [5.74, 6) is 0.624. The number of hydrogen-bond donors (Lipinski definition) is 1. The molecule has 0 fully saturated rings. The first-order chi connectivity index (χ1) is 16.1. The van der Waals surface area contributed by atoms with E-state index in [0.717, 1.165) is 23.2 Å². The van der Waals surface area contributed by atoms with Gasteiger partial charge in [0.05, 0.1) is 23.9 Å². The van der Waals surface area contributed by atoms with Crippen LogP contribution in [-0.2, 0) is 16.1 Å². The quantitative estimate of drug-likeness (QED) is 0.446. The van der Waals surface area contributed by atoms with Crippen LogP contribution in [0.3, 0.4) is 0 Å². The van der Waals surface area contributed by atoms with Crippen molar-refractivity contribution < 1.29 is 19.1 Å². The molecule has 1 unspecified atom stereocenters. The Hall–Kier alpha value is -3.58. The lowest BCUT2D eigenvalue weighted by Gasteiger charge is -2.33. The highest BCUT2D eigenvalue weighted by Gasteiger charge is 2.43. The van der Waals surface area contributed by atoms with Crippen molar-refractivity contribution in [3.8, 4) is 5.75 Å². The highest BCUT2D eigenvalue weighted by molar-refractivity contribution is 6.01. The third-order valence-corrected chi connectivity index (χ3v) is 5.82. The second-order valence-electron chi connectivity index (χ2n) is 8.06. The molecule has 2 aromatic carbocycles. The highest BCUT2D eigenvalue weighted by Crippen LogP contribution is 2.37. The molecule has 0 bridgehead atoms. The van der Waals surface area contributed by atoms with Crippen LogP contribution in [0.1, 0.15) is 23.6 Å². The maximum atomic E-state index is 13.4. The van der Waals surface area contributed by atoms with Gasteiger partial charge in [-0.3, -0.25) is 9.69 Å². The molecule has 7 heteroatoms. The monoisotopic (exact) mass is 447 g/mol. The molecule has 2 heterocycles. The smallest absolute Gasteiger partial charge is 0.322 e. The Kier molecular flexibility index (Phi) is 7.10. The number of carbonyl (C=O) groups excluding carboxylic acids is 2. The van der Waals surface area contributed by atoms with Crippen LogP contribution in [0.5, 0.6) is 5.75 Å². The summed E-state index contributed by atoms with van der Waals surface area (Å²) in [6.07, 6.45) is 2.40. The van der Waals surface area contributed by atoms with Crippen LogP contribution in [-0.4, -0.2) is 55.1 Å². The number of benzene rings is 2. The van der Waals surface area contributed by atoms with Crippen molar-refractivity contribution in [3.05, 3.63) is 89.6 Å². The maximum absolute atomic E-state index is 13.4. The van der Waals surface area contributed by atoms with Crippen LogP contribution in [0.4, 0.5) is 4.79 Å². The van der Waals surface area contributed by atoms with E-state index in [1.54, 1.807) is 23.0 Å². The summed E-state index contributed by atoms with van der Waals surface area (Å²) >= 11 is 0. The van der Waals surface area contributed by atoms with Crippen molar-refractivity contribution >= 4 is 11.9 Å². The summed E-state index contributed by atoms with van der Waals surface area (Å²) in [6.45, 7) is 6.09. The van der Waals surface area contributed by atoms with Gasteiger partial charge in [0.1, 0.15) is 12.4 Å². The second kappa shape index (κ2) is 10.4. The van der Waals surface area contributed by atoms with E-state index in [2.05, 4.69) is 11.9 Å². The van der Waals surface area contributed by atoms with Gasteiger partial charge in [-0.15, -0.1) is 6.58 Å². The van der Waals surface area contributed by atoms with Crippen molar-refractivity contribution in [2.45, 2.75) is 19.1 Å². The summed E-state index contributed by atoms with van der Waals surface area (Å²) in [7, 11) is 1.65. The Morgan fingerprint density at radius 2 is 1.97 bits per heavy atom. The molecule has 2 aliphatic rings. The van der Waals surface area contributed by atoms with Gasteiger partial charge < -0.3 is 19.7 Å². The molecule has 2 aliphatic heterocycles. The van der Waals surface area contributed by atoms with Gasteiger partial charge in [-0.1, -0.05) is 48.5 Å². The first-order valence-corrected chi connectivity index (χ1v) is 11.1. The van der Waals surface area contributed by atoms with Crippen molar-refractivity contribution in [1.29, 1.82) is 0 Å². The third-order valence-electron chi connectivity index (χ3n) is 5.82. The number of methoxy groups -OCH3 is 1. The number of nitrogens with zero attached hydrogens (tertiary/aromatic N) is 2. The normalized spacial score (nSPS) is 17.8. The Bertz CT molecular complexity index is 1050. The largest absolute Gasteiger partial charge is 0.489 e. The molecule has 2 aromatic rings. The van der Waals surface area contributed by atoms with E-state index in [4.69, 9.17) is 9.47 Å². The predicted octanol–water partition coefficient (Wildman–Crippen LogP) is 3.65. The topological polar surface area (TPSA) is 71.1 Å². The van der Waals surface area contributed by atoms with Crippen LogP contribution in [0.25, 0.3) is 0 Å². The number of amides is 3. The van der Waals surface area contributed by atoms with Crippen molar-refractivity contribution in [2.75, 3.05) is 33.4 Å². The van der Waals surface area contributed by atoms with Crippen LogP contribution < -0.4 is 10.1 Å². The van der Waals surface area contributed by atoms with Crippen LogP contribution in [0, 0.1) is 0 Å². The van der Waals surface area contributed by atoms with Crippen molar-refractivity contribution in [3.63, 3.8) is 0 Å². The van der Waals surface area contributed by atoms with E-state index in [-0.39, 0.29) is 11.9 Å². The molecule has 0 saturated carbocycles. The van der Waals surface area contributed by atoms with Gasteiger partial charge in [-0.25, -0.2) is 4.79 Å². The van der Waals surface area contributed by atoms with E-state index in [1.807, 2.05) is 54.6 Å². The molecule has 4 rings (SSSR count). The zero-order valence-corrected chi connectivity index (χ0v) is 18.8. The van der Waals surface area contributed by atoms with Crippen molar-refractivity contribution in [2.24, 2.45) is 0 Å². The number of ether oxygens (including phenoxy) is 2. The lowest BCUT2D eigenvalue weighted by atomic mass is 9.95. The van der Waals surface area contributed by atoms with Crippen LogP contribution >= 0.6 is 0 Å². The Labute approximate surface area is 194 Å². The minimum absolute atomic E-state index is 0.0595. The molecule has 1 N–H and O–H groups in total. The van der Waals surface area contributed by atoms with Gasteiger partial charge in [0.25, 0.3) is 5.91 Å². The SMILES string of the molecule is C=CCN1C(=O)NC(c2cccc(OCc3ccccc3)c2)C2=C1CN(CCCOC)C2=O. The molecule has 0 spiro atoms. The zero-order valence-electron chi connectivity index (χ0n) is 18.8. The highest BCUT2D eigenvalue weighted by atomic mass is 16.5. The Balaban J connectivity index is 1.59. The predicted molar refractivity (Wildman–Crippen MR) is 125 cm³/mol. The molecular weight excluding hydrogens is 418 g/mol. The number of urea groups is 1. The molecule has 1 atom stereocenters. The fraction of sp³-hybridized carbons (Fsp3) is 0.308. The summed E-state index contributed by atoms with van der Waals surface area (Å²) in [5, 5.41) is 3.01. The number of carbonyl (C=O) groups is 2. The summed E-state index contributed by atoms with van der Waals surface area (Å²) in [5.41, 5.74) is 3.22. The first-order valence-electron chi connectivity index (χ1n) is 11.1. The Morgan fingerprint density at radius 3 is 2.73 bits per heavy atom. The number of hydrogen-bond acceptors (Lipinski definition) is 4. The van der Waals surface area contributed by atoms with Gasteiger partial charge in [-0.2, -0.15) is 0 Å². The maximum Gasteiger partial charge on any atom is 0.322 e. The third kappa shape index (κ3) is 4.93. The number of rotatable bonds is 10. The molecule has 3 amide bonds. The summed E-state index contributed by atoms with van der Waals surface area (Å²) in [6, 6.07) is 16.7. The molecule has 172 valence electrons. The van der Waals surface area contributed by atoms with Crippen LogP contribution in [0.15, 0.2) is 78.5 Å². The number of nitrogens with one attached hydrogen (secondary N) is 1. The van der Waals surface area contributed by atoms with Crippen LogP contribution in [0.2, 0.25) is 0 Å². The average molecular weight is 448 g/mol. The summed E-state index contributed by atoms with van der Waals surface area (Å²) in [4.78, 5) is 29.7. The molecular formula is C26H29N3O4. The minimum Gasteiger partial charge on any atom is -0.489 e. The summed E-state index contributed by atoms with van der Waals surface area (Å²) < 4.78 is 11.1. The van der Waals surface area contributed by atoms with E-state index >= 15 is 0 Å². The van der Waals surface area contributed by atoms with E-state index < -0.39 is 6.04 Å².